The molecule has 0 aliphatic heterocycles. The van der Waals surface area contributed by atoms with Gasteiger partial charge in [0.2, 0.25) is 0 Å². The van der Waals surface area contributed by atoms with Crippen LogP contribution in [0.4, 0.5) is 0 Å². The van der Waals surface area contributed by atoms with Crippen LogP contribution in [0.3, 0.4) is 0 Å². The van der Waals surface area contributed by atoms with Gasteiger partial charge in [-0.05, 0) is 51.4 Å². The normalized spacial score (nSPS) is 13.1. The molecular weight excluding hydrogens is 555 g/mol. The maximum atomic E-state index is 12.3. The number of hydrogen-bond donors (Lipinski definition) is 2. The number of esters is 2. The Balaban J connectivity index is 4.14. The van der Waals surface area contributed by atoms with Gasteiger partial charge in [-0.1, -0.05) is 114 Å². The molecule has 0 aromatic rings. The molecule has 0 aliphatic rings. The van der Waals surface area contributed by atoms with Crippen LogP contribution in [0, 0.1) is 0 Å². The molecule has 0 aliphatic carbocycles. The Kier molecular flexibility index (Phi) is 27.7. The molecular formula is C33H57O8P. The molecule has 0 spiro atoms. The minimum Gasteiger partial charge on any atom is -0.462 e. The lowest BCUT2D eigenvalue weighted by Gasteiger charge is -2.18. The molecule has 0 bridgehead atoms. The molecule has 0 saturated carbocycles. The van der Waals surface area contributed by atoms with Gasteiger partial charge >= 0.3 is 19.8 Å². The van der Waals surface area contributed by atoms with Crippen LogP contribution in [0.5, 0.6) is 0 Å². The van der Waals surface area contributed by atoms with Crippen molar-refractivity contribution in [1.29, 1.82) is 0 Å². The van der Waals surface area contributed by atoms with E-state index in [1.807, 2.05) is 0 Å². The lowest BCUT2D eigenvalue weighted by atomic mass is 10.1. The molecule has 2 N–H and O–H groups in total. The predicted molar refractivity (Wildman–Crippen MR) is 170 cm³/mol. The quantitative estimate of drug-likeness (QED) is 0.0389. The zero-order valence-electron chi connectivity index (χ0n) is 26.1. The van der Waals surface area contributed by atoms with Gasteiger partial charge in [-0.15, -0.1) is 0 Å². The third-order valence-electron chi connectivity index (χ3n) is 6.36. The average molecular weight is 613 g/mol. The van der Waals surface area contributed by atoms with E-state index in [4.69, 9.17) is 19.3 Å². The van der Waals surface area contributed by atoms with Crippen molar-refractivity contribution in [3.63, 3.8) is 0 Å². The molecule has 9 heteroatoms. The van der Waals surface area contributed by atoms with Crippen molar-refractivity contribution in [2.75, 3.05) is 13.2 Å². The molecule has 0 saturated heterocycles. The number of allylic oxidation sites excluding steroid dienone is 8. The van der Waals surface area contributed by atoms with E-state index in [0.717, 1.165) is 57.8 Å². The number of unbranched alkanes of at least 4 members (excludes halogenated alkanes) is 10. The second kappa shape index (κ2) is 29.1. The van der Waals surface area contributed by atoms with Gasteiger partial charge < -0.3 is 19.3 Å². The fourth-order valence-corrected chi connectivity index (χ4v) is 4.37. The van der Waals surface area contributed by atoms with E-state index in [1.54, 1.807) is 0 Å². The summed E-state index contributed by atoms with van der Waals surface area (Å²) in [5, 5.41) is 0. The highest BCUT2D eigenvalue weighted by Gasteiger charge is 2.22. The summed E-state index contributed by atoms with van der Waals surface area (Å²) >= 11 is 0. The molecule has 0 aromatic heterocycles. The van der Waals surface area contributed by atoms with Crippen LogP contribution in [0.1, 0.15) is 129 Å². The Hall–Kier alpha value is -1.99. The molecule has 0 rings (SSSR count). The molecule has 0 heterocycles. The van der Waals surface area contributed by atoms with Crippen molar-refractivity contribution in [3.8, 4) is 0 Å². The van der Waals surface area contributed by atoms with Crippen molar-refractivity contribution in [2.24, 2.45) is 0 Å². The average Bonchev–Trinajstić information content (AvgIpc) is 2.95. The largest absolute Gasteiger partial charge is 0.469 e. The zero-order chi connectivity index (χ0) is 31.2. The lowest BCUT2D eigenvalue weighted by Crippen LogP contribution is -2.29. The minimum atomic E-state index is -4.75. The standard InChI is InChI=1S/C33H57O8P/c1-3-5-7-9-11-13-14-15-16-17-18-20-22-24-26-28-33(35)41-31(30-40-42(36,37)38)29-39-32(34)27-25-23-21-19-12-10-8-6-4-2/h5,7,11,13,15-16,18,20,31H,3-4,6,8-10,12,14,17,19,21-30H2,1-2H3,(H2,36,37,38)/b7-5-,13-11-,16-15-,20-18-. The molecule has 8 nitrogen and oxygen atoms in total. The summed E-state index contributed by atoms with van der Waals surface area (Å²) in [4.78, 5) is 42.4. The SMILES string of the molecule is CC/C=C\C/C=C\C/C=C\C/C=C\CCCCC(=O)OC(COC(=O)CCCCCCCCCCC)COP(=O)(O)O. The van der Waals surface area contributed by atoms with E-state index >= 15 is 0 Å². The molecule has 1 atom stereocenters. The number of rotatable bonds is 28. The first kappa shape index (κ1) is 40.0. The second-order valence-electron chi connectivity index (χ2n) is 10.4. The molecule has 242 valence electrons. The highest BCUT2D eigenvalue weighted by atomic mass is 31.2. The highest BCUT2D eigenvalue weighted by molar-refractivity contribution is 7.46. The summed E-state index contributed by atoms with van der Waals surface area (Å²) in [6.45, 7) is 3.47. The summed E-state index contributed by atoms with van der Waals surface area (Å²) < 4.78 is 26.1. The van der Waals surface area contributed by atoms with Crippen molar-refractivity contribution < 1.29 is 37.9 Å². The van der Waals surface area contributed by atoms with E-state index in [2.05, 4.69) is 67.0 Å². The number of phosphoric acid groups is 1. The van der Waals surface area contributed by atoms with E-state index in [0.29, 0.717) is 6.42 Å². The topological polar surface area (TPSA) is 119 Å². The first-order chi connectivity index (χ1) is 20.3. The minimum absolute atomic E-state index is 0.159. The Bertz CT molecular complexity index is 828. The Morgan fingerprint density at radius 1 is 0.643 bits per heavy atom. The Morgan fingerprint density at radius 3 is 1.71 bits per heavy atom. The summed E-state index contributed by atoms with van der Waals surface area (Å²) in [5.41, 5.74) is 0. The maximum absolute atomic E-state index is 12.3. The number of carbonyl (C=O) groups excluding carboxylic acids is 2. The van der Waals surface area contributed by atoms with E-state index in [1.165, 1.54) is 38.5 Å². The smallest absolute Gasteiger partial charge is 0.462 e. The summed E-state index contributed by atoms with van der Waals surface area (Å²) in [6, 6.07) is 0. The molecule has 0 amide bonds. The zero-order valence-corrected chi connectivity index (χ0v) is 27.0. The highest BCUT2D eigenvalue weighted by Crippen LogP contribution is 2.35. The molecule has 0 aromatic carbocycles. The summed E-state index contributed by atoms with van der Waals surface area (Å²) in [7, 11) is -4.75. The van der Waals surface area contributed by atoms with Crippen LogP contribution >= 0.6 is 7.82 Å². The van der Waals surface area contributed by atoms with Gasteiger partial charge in [0.25, 0.3) is 0 Å². The van der Waals surface area contributed by atoms with Gasteiger partial charge in [-0.3, -0.25) is 14.1 Å². The van der Waals surface area contributed by atoms with Crippen LogP contribution in [-0.4, -0.2) is 41.0 Å². The number of carbonyl (C=O) groups is 2. The van der Waals surface area contributed by atoms with Gasteiger partial charge in [-0.2, -0.15) is 0 Å². The fourth-order valence-electron chi connectivity index (χ4n) is 4.01. The Labute approximate surface area is 254 Å². The van der Waals surface area contributed by atoms with Crippen molar-refractivity contribution >= 4 is 19.8 Å². The van der Waals surface area contributed by atoms with Gasteiger partial charge in [0, 0.05) is 12.8 Å². The number of hydrogen-bond acceptors (Lipinski definition) is 6. The first-order valence-corrected chi connectivity index (χ1v) is 17.5. The summed E-state index contributed by atoms with van der Waals surface area (Å²) in [5.74, 6) is -0.942. The van der Waals surface area contributed by atoms with Crippen molar-refractivity contribution in [1.82, 2.24) is 0 Å². The second-order valence-corrected chi connectivity index (χ2v) is 11.6. The first-order valence-electron chi connectivity index (χ1n) is 15.9. The molecule has 0 radical (unpaired) electrons. The third kappa shape index (κ3) is 31.0. The molecule has 1 unspecified atom stereocenters. The van der Waals surface area contributed by atoms with Crippen molar-refractivity contribution in [3.05, 3.63) is 48.6 Å². The van der Waals surface area contributed by atoms with Crippen LogP contribution in [0.15, 0.2) is 48.6 Å². The lowest BCUT2D eigenvalue weighted by molar-refractivity contribution is -0.161. The fraction of sp³-hybridized carbons (Fsp3) is 0.697. The third-order valence-corrected chi connectivity index (χ3v) is 6.85. The van der Waals surface area contributed by atoms with Crippen molar-refractivity contribution in [2.45, 2.75) is 136 Å². The van der Waals surface area contributed by atoms with Crippen LogP contribution in [0.25, 0.3) is 0 Å². The van der Waals surface area contributed by atoms with Gasteiger partial charge in [-0.25, -0.2) is 4.57 Å². The summed E-state index contributed by atoms with van der Waals surface area (Å²) in [6.07, 6.45) is 32.7. The van der Waals surface area contributed by atoms with E-state index in [9.17, 15) is 14.2 Å². The monoisotopic (exact) mass is 612 g/mol. The van der Waals surface area contributed by atoms with Crippen LogP contribution in [-0.2, 0) is 28.2 Å². The van der Waals surface area contributed by atoms with Gasteiger partial charge in [0.1, 0.15) is 6.61 Å². The van der Waals surface area contributed by atoms with Gasteiger partial charge in [0.05, 0.1) is 6.61 Å². The number of phosphoric ester groups is 1. The van der Waals surface area contributed by atoms with E-state index in [-0.39, 0.29) is 19.4 Å². The van der Waals surface area contributed by atoms with E-state index < -0.39 is 32.5 Å². The van der Waals surface area contributed by atoms with Crippen LogP contribution < -0.4 is 0 Å². The maximum Gasteiger partial charge on any atom is 0.469 e. The van der Waals surface area contributed by atoms with Gasteiger partial charge in [0.15, 0.2) is 6.10 Å². The van der Waals surface area contributed by atoms with Crippen LogP contribution in [0.2, 0.25) is 0 Å². The molecule has 42 heavy (non-hydrogen) atoms. The predicted octanol–water partition coefficient (Wildman–Crippen LogP) is 8.84. The Morgan fingerprint density at radius 2 is 1.14 bits per heavy atom. The number of ether oxygens (including phenoxy) is 2. The molecule has 0 fully saturated rings.